The lowest BCUT2D eigenvalue weighted by molar-refractivity contribution is 0.676. The van der Waals surface area contributed by atoms with Crippen LogP contribution in [-0.2, 0) is 6.54 Å². The summed E-state index contributed by atoms with van der Waals surface area (Å²) in [7, 11) is 0. The minimum Gasteiger partial charge on any atom is -0.356 e. The Morgan fingerprint density at radius 1 is 1.15 bits per heavy atom. The quantitative estimate of drug-likeness (QED) is 0.844. The molecule has 0 saturated carbocycles. The van der Waals surface area contributed by atoms with Gasteiger partial charge in [-0.05, 0) is 36.8 Å². The number of hydrogen-bond donors (Lipinski definition) is 1. The molecule has 0 bridgehead atoms. The van der Waals surface area contributed by atoms with Crippen molar-refractivity contribution < 1.29 is 0 Å². The van der Waals surface area contributed by atoms with Gasteiger partial charge in [0.15, 0.2) is 0 Å². The number of aromatic nitrogens is 1. The molecule has 1 saturated heterocycles. The van der Waals surface area contributed by atoms with Crippen molar-refractivity contribution in [3.63, 3.8) is 0 Å². The summed E-state index contributed by atoms with van der Waals surface area (Å²) in [4.78, 5) is 7.18. The van der Waals surface area contributed by atoms with E-state index in [4.69, 9.17) is 4.98 Å². The third kappa shape index (κ3) is 2.63. The van der Waals surface area contributed by atoms with Crippen molar-refractivity contribution in [2.75, 3.05) is 24.5 Å². The van der Waals surface area contributed by atoms with Crippen molar-refractivity contribution in [3.8, 4) is 0 Å². The van der Waals surface area contributed by atoms with Gasteiger partial charge in [-0.15, -0.1) is 0 Å². The number of anilines is 1. The van der Waals surface area contributed by atoms with Gasteiger partial charge in [0.2, 0.25) is 0 Å². The van der Waals surface area contributed by atoms with Crippen LogP contribution in [0.15, 0.2) is 30.5 Å². The maximum absolute atomic E-state index is 4.75. The Bertz CT molecular complexity index is 573. The summed E-state index contributed by atoms with van der Waals surface area (Å²) < 4.78 is 0. The van der Waals surface area contributed by atoms with Crippen molar-refractivity contribution in [2.45, 2.75) is 32.7 Å². The monoisotopic (exact) mass is 269 g/mol. The summed E-state index contributed by atoms with van der Waals surface area (Å²) in [6.07, 6.45) is 5.79. The summed E-state index contributed by atoms with van der Waals surface area (Å²) in [6.45, 7) is 6.44. The fourth-order valence-corrected chi connectivity index (χ4v) is 2.96. The predicted octanol–water partition coefficient (Wildman–Crippen LogP) is 3.33. The highest BCUT2D eigenvalue weighted by Crippen LogP contribution is 2.29. The number of pyridine rings is 1. The first kappa shape index (κ1) is 13.4. The molecule has 3 heteroatoms. The van der Waals surface area contributed by atoms with Crippen LogP contribution in [0.5, 0.6) is 0 Å². The normalized spacial score (nSPS) is 15.2. The molecule has 0 spiro atoms. The Hall–Kier alpha value is -1.61. The highest BCUT2D eigenvalue weighted by atomic mass is 15.2. The van der Waals surface area contributed by atoms with Crippen LogP contribution in [0.25, 0.3) is 10.8 Å². The van der Waals surface area contributed by atoms with Gasteiger partial charge in [0.05, 0.1) is 0 Å². The second kappa shape index (κ2) is 6.23. The largest absolute Gasteiger partial charge is 0.356 e. The van der Waals surface area contributed by atoms with Crippen molar-refractivity contribution in [1.82, 2.24) is 10.3 Å². The van der Waals surface area contributed by atoms with E-state index in [2.05, 4.69) is 47.6 Å². The second-order valence-corrected chi connectivity index (χ2v) is 5.52. The Morgan fingerprint density at radius 3 is 2.65 bits per heavy atom. The van der Waals surface area contributed by atoms with Crippen LogP contribution in [0.4, 0.5) is 5.82 Å². The standard InChI is InChI=1S/C17H23N3/c1-2-9-18-12-14-13-19-17(20-10-5-6-11-20)16-8-4-3-7-15(14)16/h3-4,7-8,13,18H,2,5-6,9-12H2,1H3. The van der Waals surface area contributed by atoms with E-state index in [1.807, 2.05) is 0 Å². The van der Waals surface area contributed by atoms with Gasteiger partial charge in [0.25, 0.3) is 0 Å². The lowest BCUT2D eigenvalue weighted by atomic mass is 10.1. The first-order chi connectivity index (χ1) is 9.90. The van der Waals surface area contributed by atoms with Crippen LogP contribution < -0.4 is 10.2 Å². The van der Waals surface area contributed by atoms with Crippen LogP contribution in [0.2, 0.25) is 0 Å². The fourth-order valence-electron chi connectivity index (χ4n) is 2.96. The van der Waals surface area contributed by atoms with Gasteiger partial charge < -0.3 is 10.2 Å². The van der Waals surface area contributed by atoms with Crippen molar-refractivity contribution in [3.05, 3.63) is 36.0 Å². The smallest absolute Gasteiger partial charge is 0.136 e. The van der Waals surface area contributed by atoms with E-state index in [9.17, 15) is 0 Å². The van der Waals surface area contributed by atoms with Gasteiger partial charge in [0.1, 0.15) is 5.82 Å². The predicted molar refractivity (Wildman–Crippen MR) is 85.2 cm³/mol. The highest BCUT2D eigenvalue weighted by molar-refractivity contribution is 5.94. The van der Waals surface area contributed by atoms with Gasteiger partial charge >= 0.3 is 0 Å². The SMILES string of the molecule is CCCNCc1cnc(N2CCCC2)c2ccccc12. The van der Waals surface area contributed by atoms with Gasteiger partial charge in [-0.1, -0.05) is 31.2 Å². The van der Waals surface area contributed by atoms with Crippen molar-refractivity contribution >= 4 is 16.6 Å². The molecule has 20 heavy (non-hydrogen) atoms. The van der Waals surface area contributed by atoms with E-state index in [1.54, 1.807) is 0 Å². The Labute approximate surface area is 121 Å². The molecule has 0 amide bonds. The van der Waals surface area contributed by atoms with Crippen molar-refractivity contribution in [2.24, 2.45) is 0 Å². The van der Waals surface area contributed by atoms with E-state index in [-0.39, 0.29) is 0 Å². The zero-order chi connectivity index (χ0) is 13.8. The number of rotatable bonds is 5. The molecule has 2 heterocycles. The average Bonchev–Trinajstić information content (AvgIpc) is 3.01. The van der Waals surface area contributed by atoms with Crippen LogP contribution in [0.3, 0.4) is 0 Å². The molecule has 1 N–H and O–H groups in total. The number of fused-ring (bicyclic) bond motifs is 1. The summed E-state index contributed by atoms with van der Waals surface area (Å²) in [5.74, 6) is 1.16. The van der Waals surface area contributed by atoms with E-state index in [0.717, 1.165) is 38.4 Å². The molecule has 3 nitrogen and oxygen atoms in total. The van der Waals surface area contributed by atoms with Gasteiger partial charge in [-0.25, -0.2) is 4.98 Å². The zero-order valence-electron chi connectivity index (χ0n) is 12.2. The molecular formula is C17H23N3. The van der Waals surface area contributed by atoms with Crippen LogP contribution >= 0.6 is 0 Å². The van der Waals surface area contributed by atoms with Gasteiger partial charge in [-0.3, -0.25) is 0 Å². The Balaban J connectivity index is 1.96. The van der Waals surface area contributed by atoms with Gasteiger partial charge in [0, 0.05) is 31.2 Å². The van der Waals surface area contributed by atoms with E-state index >= 15 is 0 Å². The average molecular weight is 269 g/mol. The van der Waals surface area contributed by atoms with E-state index in [1.165, 1.54) is 29.2 Å². The molecule has 0 radical (unpaired) electrons. The highest BCUT2D eigenvalue weighted by Gasteiger charge is 2.17. The maximum Gasteiger partial charge on any atom is 0.136 e. The molecule has 106 valence electrons. The summed E-state index contributed by atoms with van der Waals surface area (Å²) in [5.41, 5.74) is 1.30. The third-order valence-electron chi connectivity index (χ3n) is 4.00. The first-order valence-corrected chi connectivity index (χ1v) is 7.72. The Morgan fingerprint density at radius 2 is 1.90 bits per heavy atom. The lowest BCUT2D eigenvalue weighted by Crippen LogP contribution is -2.20. The van der Waals surface area contributed by atoms with Crippen LogP contribution in [0.1, 0.15) is 31.7 Å². The first-order valence-electron chi connectivity index (χ1n) is 7.72. The fraction of sp³-hybridized carbons (Fsp3) is 0.471. The minimum absolute atomic E-state index is 0.904. The third-order valence-corrected chi connectivity index (χ3v) is 4.00. The zero-order valence-corrected chi connectivity index (χ0v) is 12.2. The molecule has 1 aromatic carbocycles. The number of benzene rings is 1. The number of nitrogens with one attached hydrogen (secondary N) is 1. The Kier molecular flexibility index (Phi) is 4.16. The molecular weight excluding hydrogens is 246 g/mol. The summed E-state index contributed by atoms with van der Waals surface area (Å²) in [5, 5.41) is 6.12. The summed E-state index contributed by atoms with van der Waals surface area (Å²) in [6, 6.07) is 8.67. The maximum atomic E-state index is 4.75. The summed E-state index contributed by atoms with van der Waals surface area (Å²) >= 11 is 0. The molecule has 3 rings (SSSR count). The van der Waals surface area contributed by atoms with Gasteiger partial charge in [-0.2, -0.15) is 0 Å². The molecule has 1 aliphatic rings. The van der Waals surface area contributed by atoms with Crippen molar-refractivity contribution in [1.29, 1.82) is 0 Å². The van der Waals surface area contributed by atoms with E-state index < -0.39 is 0 Å². The van der Waals surface area contributed by atoms with Crippen LogP contribution in [0, 0.1) is 0 Å². The second-order valence-electron chi connectivity index (χ2n) is 5.52. The van der Waals surface area contributed by atoms with E-state index in [0.29, 0.717) is 0 Å². The lowest BCUT2D eigenvalue weighted by Gasteiger charge is -2.19. The molecule has 1 fully saturated rings. The topological polar surface area (TPSA) is 28.2 Å². The number of nitrogens with zero attached hydrogens (tertiary/aromatic N) is 2. The molecule has 0 unspecified atom stereocenters. The molecule has 0 aliphatic carbocycles. The number of hydrogen-bond acceptors (Lipinski definition) is 3. The molecule has 0 atom stereocenters. The molecule has 1 aliphatic heterocycles. The minimum atomic E-state index is 0.904. The molecule has 1 aromatic heterocycles. The van der Waals surface area contributed by atoms with Crippen LogP contribution in [-0.4, -0.2) is 24.6 Å². The molecule has 2 aromatic rings.